The molecule has 0 unspecified atom stereocenters. The van der Waals surface area contributed by atoms with Crippen molar-refractivity contribution in [3.05, 3.63) is 63.1 Å². The molecule has 1 atom stereocenters. The van der Waals surface area contributed by atoms with Crippen molar-refractivity contribution in [2.45, 2.75) is 32.9 Å². The first-order valence-corrected chi connectivity index (χ1v) is 10.3. The van der Waals surface area contributed by atoms with Gasteiger partial charge in [0.25, 0.3) is 5.91 Å². The van der Waals surface area contributed by atoms with Crippen LogP contribution in [0.5, 0.6) is 5.75 Å². The van der Waals surface area contributed by atoms with Gasteiger partial charge in [-0.3, -0.25) is 9.59 Å². The Hall–Kier alpha value is -1.95. The van der Waals surface area contributed by atoms with Crippen molar-refractivity contribution in [3.63, 3.8) is 0 Å². The molecule has 8 heteroatoms. The van der Waals surface area contributed by atoms with Crippen molar-refractivity contribution >= 4 is 46.6 Å². The molecular formula is C21H23Cl3N2O3. The van der Waals surface area contributed by atoms with E-state index in [4.69, 9.17) is 39.5 Å². The van der Waals surface area contributed by atoms with Gasteiger partial charge in [0.1, 0.15) is 11.8 Å². The van der Waals surface area contributed by atoms with Gasteiger partial charge in [0.2, 0.25) is 5.91 Å². The van der Waals surface area contributed by atoms with Gasteiger partial charge in [0.15, 0.2) is 6.61 Å². The Labute approximate surface area is 185 Å². The van der Waals surface area contributed by atoms with Crippen LogP contribution in [0, 0.1) is 0 Å². The molecule has 0 spiro atoms. The molecule has 0 aliphatic heterocycles. The number of hydrogen-bond acceptors (Lipinski definition) is 3. The quantitative estimate of drug-likeness (QED) is 0.578. The number of halogens is 3. The standard InChI is InChI=1S/C21H23Cl3N2O3/c1-3-10-25-21(28)14(2)26(12-15-4-6-16(22)7-5-15)20(27)13-29-19-9-8-17(23)11-18(19)24/h4-9,11,14H,3,10,12-13H2,1-2H3,(H,25,28)/t14-/m0/s1. The molecule has 2 aromatic rings. The van der Waals surface area contributed by atoms with Crippen LogP contribution in [0.25, 0.3) is 0 Å². The van der Waals surface area contributed by atoms with E-state index in [1.807, 2.05) is 19.1 Å². The zero-order chi connectivity index (χ0) is 21.4. The van der Waals surface area contributed by atoms with Gasteiger partial charge in [0.05, 0.1) is 5.02 Å². The van der Waals surface area contributed by atoms with Gasteiger partial charge in [0, 0.05) is 23.1 Å². The van der Waals surface area contributed by atoms with Crippen LogP contribution in [0.4, 0.5) is 0 Å². The van der Waals surface area contributed by atoms with Gasteiger partial charge in [-0.05, 0) is 49.2 Å². The summed E-state index contributed by atoms with van der Waals surface area (Å²) in [5.74, 6) is -0.220. The molecule has 2 amide bonds. The molecule has 0 aliphatic carbocycles. The minimum atomic E-state index is -0.672. The molecule has 0 radical (unpaired) electrons. The summed E-state index contributed by atoms with van der Waals surface area (Å²) in [5.41, 5.74) is 0.849. The molecule has 1 N–H and O–H groups in total. The fourth-order valence-corrected chi connectivity index (χ4v) is 3.17. The average molecular weight is 458 g/mol. The summed E-state index contributed by atoms with van der Waals surface area (Å²) >= 11 is 17.9. The van der Waals surface area contributed by atoms with Crippen molar-refractivity contribution in [2.24, 2.45) is 0 Å². The largest absolute Gasteiger partial charge is 0.482 e. The first-order chi connectivity index (χ1) is 13.8. The lowest BCUT2D eigenvalue weighted by atomic mass is 10.1. The van der Waals surface area contributed by atoms with Crippen molar-refractivity contribution in [2.75, 3.05) is 13.2 Å². The Morgan fingerprint density at radius 3 is 2.34 bits per heavy atom. The number of carbonyl (C=O) groups is 2. The number of ether oxygens (including phenoxy) is 1. The molecule has 0 bridgehead atoms. The fourth-order valence-electron chi connectivity index (χ4n) is 2.58. The number of benzene rings is 2. The molecule has 0 aromatic heterocycles. The second kappa shape index (κ2) is 11.3. The van der Waals surface area contributed by atoms with Crippen LogP contribution >= 0.6 is 34.8 Å². The monoisotopic (exact) mass is 456 g/mol. The topological polar surface area (TPSA) is 58.6 Å². The Kier molecular flexibility index (Phi) is 9.08. The third-order valence-corrected chi connectivity index (χ3v) is 5.01. The second-order valence-electron chi connectivity index (χ2n) is 6.48. The Bertz CT molecular complexity index is 844. The van der Waals surface area contributed by atoms with Gasteiger partial charge in [-0.2, -0.15) is 0 Å². The van der Waals surface area contributed by atoms with Gasteiger partial charge < -0.3 is 15.0 Å². The number of nitrogens with zero attached hydrogens (tertiary/aromatic N) is 1. The molecule has 0 fully saturated rings. The molecule has 0 saturated carbocycles. The highest BCUT2D eigenvalue weighted by atomic mass is 35.5. The van der Waals surface area contributed by atoms with Crippen molar-refractivity contribution in [1.82, 2.24) is 10.2 Å². The highest BCUT2D eigenvalue weighted by molar-refractivity contribution is 6.35. The first-order valence-electron chi connectivity index (χ1n) is 9.21. The third-order valence-electron chi connectivity index (χ3n) is 4.23. The zero-order valence-electron chi connectivity index (χ0n) is 16.3. The number of amides is 2. The molecular weight excluding hydrogens is 435 g/mol. The van der Waals surface area contributed by atoms with Gasteiger partial charge >= 0.3 is 0 Å². The van der Waals surface area contributed by atoms with Crippen LogP contribution < -0.4 is 10.1 Å². The highest BCUT2D eigenvalue weighted by Crippen LogP contribution is 2.27. The summed E-state index contributed by atoms with van der Waals surface area (Å²) in [6.45, 7) is 4.18. The molecule has 5 nitrogen and oxygen atoms in total. The minimum absolute atomic E-state index is 0.223. The number of rotatable bonds is 9. The molecule has 29 heavy (non-hydrogen) atoms. The van der Waals surface area contributed by atoms with E-state index in [2.05, 4.69) is 5.32 Å². The van der Waals surface area contributed by atoms with Crippen LogP contribution in [-0.2, 0) is 16.1 Å². The minimum Gasteiger partial charge on any atom is -0.482 e. The normalized spacial score (nSPS) is 11.6. The number of hydrogen-bond donors (Lipinski definition) is 1. The lowest BCUT2D eigenvalue weighted by Crippen LogP contribution is -2.49. The first kappa shape index (κ1) is 23.3. The average Bonchev–Trinajstić information content (AvgIpc) is 2.70. The van der Waals surface area contributed by atoms with E-state index < -0.39 is 6.04 Å². The Balaban J connectivity index is 2.14. The molecule has 2 rings (SSSR count). The summed E-state index contributed by atoms with van der Waals surface area (Å²) in [4.78, 5) is 26.8. The van der Waals surface area contributed by atoms with Crippen LogP contribution in [0.2, 0.25) is 15.1 Å². The van der Waals surface area contributed by atoms with Crippen LogP contribution in [-0.4, -0.2) is 35.9 Å². The summed E-state index contributed by atoms with van der Waals surface area (Å²) < 4.78 is 5.57. The van der Waals surface area contributed by atoms with E-state index in [0.29, 0.717) is 27.4 Å². The fraction of sp³-hybridized carbons (Fsp3) is 0.333. The molecule has 156 valence electrons. The van der Waals surface area contributed by atoms with Crippen LogP contribution in [0.3, 0.4) is 0 Å². The summed E-state index contributed by atoms with van der Waals surface area (Å²) in [6.07, 6.45) is 0.807. The maximum Gasteiger partial charge on any atom is 0.261 e. The van der Waals surface area contributed by atoms with E-state index in [-0.39, 0.29) is 25.0 Å². The molecule has 0 aliphatic rings. The number of carbonyl (C=O) groups excluding carboxylic acids is 2. The van der Waals surface area contributed by atoms with Crippen LogP contribution in [0.15, 0.2) is 42.5 Å². The SMILES string of the molecule is CCCNC(=O)[C@H](C)N(Cc1ccc(Cl)cc1)C(=O)COc1ccc(Cl)cc1Cl. The van der Waals surface area contributed by atoms with E-state index in [0.717, 1.165) is 12.0 Å². The number of nitrogens with one attached hydrogen (secondary N) is 1. The molecule has 2 aromatic carbocycles. The lowest BCUT2D eigenvalue weighted by Gasteiger charge is -2.28. The molecule has 0 heterocycles. The van der Waals surface area contributed by atoms with Crippen LogP contribution in [0.1, 0.15) is 25.8 Å². The zero-order valence-corrected chi connectivity index (χ0v) is 18.5. The maximum atomic E-state index is 12.9. The van der Waals surface area contributed by atoms with Gasteiger partial charge in [-0.15, -0.1) is 0 Å². The third kappa shape index (κ3) is 7.11. The van der Waals surface area contributed by atoms with Crippen molar-refractivity contribution in [3.8, 4) is 5.75 Å². The summed E-state index contributed by atoms with van der Waals surface area (Å²) in [7, 11) is 0. The predicted molar refractivity (Wildman–Crippen MR) is 117 cm³/mol. The lowest BCUT2D eigenvalue weighted by molar-refractivity contribution is -0.142. The van der Waals surface area contributed by atoms with Gasteiger partial charge in [-0.1, -0.05) is 53.9 Å². The van der Waals surface area contributed by atoms with Gasteiger partial charge in [-0.25, -0.2) is 0 Å². The smallest absolute Gasteiger partial charge is 0.261 e. The van der Waals surface area contributed by atoms with E-state index in [1.165, 1.54) is 11.0 Å². The summed E-state index contributed by atoms with van der Waals surface area (Å²) in [6, 6.07) is 11.2. The molecule has 0 saturated heterocycles. The van der Waals surface area contributed by atoms with E-state index >= 15 is 0 Å². The highest BCUT2D eigenvalue weighted by Gasteiger charge is 2.26. The second-order valence-corrected chi connectivity index (χ2v) is 7.76. The maximum absolute atomic E-state index is 12.9. The Morgan fingerprint density at radius 2 is 1.72 bits per heavy atom. The van der Waals surface area contributed by atoms with Crippen molar-refractivity contribution in [1.29, 1.82) is 0 Å². The van der Waals surface area contributed by atoms with Crippen molar-refractivity contribution < 1.29 is 14.3 Å². The Morgan fingerprint density at radius 1 is 1.07 bits per heavy atom. The predicted octanol–water partition coefficient (Wildman–Crippen LogP) is 4.97. The summed E-state index contributed by atoms with van der Waals surface area (Å²) in [5, 5.41) is 4.20. The van der Waals surface area contributed by atoms with E-state index in [9.17, 15) is 9.59 Å². The van der Waals surface area contributed by atoms with E-state index in [1.54, 1.807) is 31.2 Å².